The molecule has 2 aliphatic rings. The van der Waals surface area contributed by atoms with Crippen molar-refractivity contribution in [1.82, 2.24) is 4.90 Å². The maximum atomic E-state index is 13.1. The molecule has 5 heteroatoms. The maximum absolute atomic E-state index is 13.1. The molecule has 0 spiro atoms. The lowest BCUT2D eigenvalue weighted by Crippen LogP contribution is -2.42. The highest BCUT2D eigenvalue weighted by Gasteiger charge is 2.40. The first-order chi connectivity index (χ1) is 12.0. The zero-order valence-corrected chi connectivity index (χ0v) is 14.5. The highest BCUT2D eigenvalue weighted by molar-refractivity contribution is 6.28. The fourth-order valence-corrected chi connectivity index (χ4v) is 3.57. The van der Waals surface area contributed by atoms with Gasteiger partial charge >= 0.3 is 5.63 Å². The molecule has 0 bridgehead atoms. The number of ketones is 1. The van der Waals surface area contributed by atoms with Crippen molar-refractivity contribution in [2.24, 2.45) is 0 Å². The second kappa shape index (κ2) is 5.76. The van der Waals surface area contributed by atoms with E-state index >= 15 is 0 Å². The van der Waals surface area contributed by atoms with Crippen LogP contribution in [0.5, 0.6) is 5.75 Å². The molecule has 5 nitrogen and oxygen atoms in total. The molecule has 1 aromatic carbocycles. The normalized spacial score (nSPS) is 21.3. The zero-order chi connectivity index (χ0) is 17.6. The molecule has 0 amide bonds. The summed E-state index contributed by atoms with van der Waals surface area (Å²) in [5.41, 5.74) is 0.183. The Bertz CT molecular complexity index is 932. The van der Waals surface area contributed by atoms with E-state index in [0.717, 1.165) is 31.3 Å². The Kier molecular flexibility index (Phi) is 3.67. The number of benzene rings is 1. The number of likely N-dealkylation sites (tertiary alicyclic amines) is 1. The van der Waals surface area contributed by atoms with Crippen molar-refractivity contribution in [3.05, 3.63) is 46.4 Å². The molecule has 3 heterocycles. The number of hydrogen-bond acceptors (Lipinski definition) is 5. The van der Waals surface area contributed by atoms with Gasteiger partial charge in [0, 0.05) is 30.7 Å². The summed E-state index contributed by atoms with van der Waals surface area (Å²) in [6, 6.07) is 6.79. The van der Waals surface area contributed by atoms with E-state index < -0.39 is 11.2 Å². The lowest BCUT2D eigenvalue weighted by Gasteiger charge is -2.34. The molecule has 0 N–H and O–H groups in total. The van der Waals surface area contributed by atoms with Crippen LogP contribution in [0.3, 0.4) is 0 Å². The predicted molar refractivity (Wildman–Crippen MR) is 95.6 cm³/mol. The lowest BCUT2D eigenvalue weighted by atomic mass is 9.87. The third-order valence-corrected chi connectivity index (χ3v) is 4.88. The predicted octanol–water partition coefficient (Wildman–Crippen LogP) is 3.36. The molecular weight excluding hydrogens is 318 g/mol. The Labute approximate surface area is 145 Å². The number of fused-ring (bicyclic) bond motifs is 3. The van der Waals surface area contributed by atoms with Gasteiger partial charge in [0.25, 0.3) is 0 Å². The Morgan fingerprint density at radius 2 is 1.76 bits per heavy atom. The highest BCUT2D eigenvalue weighted by Crippen LogP contribution is 2.42. The van der Waals surface area contributed by atoms with Gasteiger partial charge < -0.3 is 14.1 Å². The summed E-state index contributed by atoms with van der Waals surface area (Å²) in [4.78, 5) is 27.0. The molecule has 1 aromatic heterocycles. The summed E-state index contributed by atoms with van der Waals surface area (Å²) in [7, 11) is 0. The van der Waals surface area contributed by atoms with Gasteiger partial charge in [-0.25, -0.2) is 4.79 Å². The summed E-state index contributed by atoms with van der Waals surface area (Å²) in [5.74, 6) is 0.485. The van der Waals surface area contributed by atoms with E-state index in [1.807, 2.05) is 18.3 Å². The molecule has 1 saturated heterocycles. The van der Waals surface area contributed by atoms with Gasteiger partial charge in [0.15, 0.2) is 5.60 Å². The van der Waals surface area contributed by atoms with E-state index in [9.17, 15) is 9.59 Å². The fourth-order valence-electron chi connectivity index (χ4n) is 3.57. The average Bonchev–Trinajstić information content (AvgIpc) is 2.59. The van der Waals surface area contributed by atoms with Crippen LogP contribution >= 0.6 is 0 Å². The molecule has 0 atom stereocenters. The third kappa shape index (κ3) is 2.73. The van der Waals surface area contributed by atoms with Crippen LogP contribution in [0, 0.1) is 0 Å². The second-order valence-corrected chi connectivity index (χ2v) is 7.19. The molecule has 25 heavy (non-hydrogen) atoms. The Balaban J connectivity index is 1.96. The van der Waals surface area contributed by atoms with Gasteiger partial charge in [-0.15, -0.1) is 0 Å². The number of nitrogens with zero attached hydrogens (tertiary/aromatic N) is 1. The van der Waals surface area contributed by atoms with Crippen LogP contribution < -0.4 is 10.4 Å². The minimum Gasteiger partial charge on any atom is -0.479 e. The Hall–Kier alpha value is -2.56. The first-order valence-corrected chi connectivity index (χ1v) is 8.73. The van der Waals surface area contributed by atoms with Crippen LogP contribution in [0.15, 0.2) is 39.7 Å². The first kappa shape index (κ1) is 15.9. The number of piperidine rings is 1. The summed E-state index contributed by atoms with van der Waals surface area (Å²) >= 11 is 0. The molecule has 0 saturated carbocycles. The first-order valence-electron chi connectivity index (χ1n) is 8.73. The Morgan fingerprint density at radius 3 is 2.52 bits per heavy atom. The van der Waals surface area contributed by atoms with Crippen molar-refractivity contribution in [2.75, 3.05) is 13.1 Å². The summed E-state index contributed by atoms with van der Waals surface area (Å²) in [6.45, 7) is 5.41. The van der Waals surface area contributed by atoms with Crippen molar-refractivity contribution in [1.29, 1.82) is 0 Å². The third-order valence-electron chi connectivity index (χ3n) is 4.88. The average molecular weight is 339 g/mol. The zero-order valence-electron chi connectivity index (χ0n) is 14.5. The van der Waals surface area contributed by atoms with Gasteiger partial charge in [-0.1, -0.05) is 0 Å². The molecule has 1 fully saturated rings. The van der Waals surface area contributed by atoms with Crippen molar-refractivity contribution in [3.8, 4) is 5.75 Å². The number of rotatable bonds is 1. The molecule has 0 unspecified atom stereocenters. The standard InChI is InChI=1S/C20H21NO4/c1-20(2)19(23)14(12-21-10-4-3-5-11-21)17-15(25-20)8-6-13-7-9-16(22)24-18(13)17/h6-9,12H,3-5,10-11H2,1-2H3/b14-12-. The molecule has 0 radical (unpaired) electrons. The van der Waals surface area contributed by atoms with Crippen LogP contribution in [-0.4, -0.2) is 29.4 Å². The molecule has 2 aromatic rings. The van der Waals surface area contributed by atoms with E-state index in [0.29, 0.717) is 22.5 Å². The van der Waals surface area contributed by atoms with Gasteiger partial charge in [-0.3, -0.25) is 4.79 Å². The monoisotopic (exact) mass is 339 g/mol. The van der Waals surface area contributed by atoms with Crippen LogP contribution in [0.2, 0.25) is 0 Å². The van der Waals surface area contributed by atoms with Crippen LogP contribution in [0.4, 0.5) is 0 Å². The molecular formula is C20H21NO4. The number of carbonyl (C=O) groups excluding carboxylic acids is 1. The SMILES string of the molecule is CC1(C)Oc2ccc3ccc(=O)oc3c2/C(=C/N2CCCCC2)C1=O. The number of carbonyl (C=O) groups is 1. The second-order valence-electron chi connectivity index (χ2n) is 7.19. The van der Waals surface area contributed by atoms with Gasteiger partial charge in [0.05, 0.1) is 11.1 Å². The van der Waals surface area contributed by atoms with Crippen molar-refractivity contribution >= 4 is 22.3 Å². The topological polar surface area (TPSA) is 59.8 Å². The highest BCUT2D eigenvalue weighted by atomic mass is 16.5. The largest absolute Gasteiger partial charge is 0.479 e. The smallest absolute Gasteiger partial charge is 0.336 e. The fraction of sp³-hybridized carbons (Fsp3) is 0.400. The minimum atomic E-state index is -0.947. The number of ether oxygens (including phenoxy) is 1. The van der Waals surface area contributed by atoms with E-state index in [1.165, 1.54) is 12.5 Å². The lowest BCUT2D eigenvalue weighted by molar-refractivity contribution is -0.126. The van der Waals surface area contributed by atoms with Gasteiger partial charge in [-0.2, -0.15) is 0 Å². The summed E-state index contributed by atoms with van der Waals surface area (Å²) in [5, 5.41) is 0.777. The number of Topliss-reactive ketones (excluding diaryl/α,β-unsaturated/α-hetero) is 1. The molecule has 2 aliphatic heterocycles. The van der Waals surface area contributed by atoms with Gasteiger partial charge in [0.2, 0.25) is 5.78 Å². The van der Waals surface area contributed by atoms with E-state index in [1.54, 1.807) is 19.9 Å². The van der Waals surface area contributed by atoms with Crippen molar-refractivity contribution < 1.29 is 13.9 Å². The van der Waals surface area contributed by atoms with Crippen LogP contribution in [-0.2, 0) is 4.79 Å². The van der Waals surface area contributed by atoms with Gasteiger partial charge in [-0.05, 0) is 51.3 Å². The van der Waals surface area contributed by atoms with Crippen LogP contribution in [0.1, 0.15) is 38.7 Å². The van der Waals surface area contributed by atoms with Crippen molar-refractivity contribution in [3.63, 3.8) is 0 Å². The van der Waals surface area contributed by atoms with E-state index in [2.05, 4.69) is 4.90 Å². The molecule has 130 valence electrons. The summed E-state index contributed by atoms with van der Waals surface area (Å²) < 4.78 is 11.4. The summed E-state index contributed by atoms with van der Waals surface area (Å²) in [6.07, 6.45) is 5.39. The quantitative estimate of drug-likeness (QED) is 0.589. The van der Waals surface area contributed by atoms with Crippen molar-refractivity contribution in [2.45, 2.75) is 38.7 Å². The van der Waals surface area contributed by atoms with E-state index in [-0.39, 0.29) is 5.78 Å². The van der Waals surface area contributed by atoms with Crippen LogP contribution in [0.25, 0.3) is 16.5 Å². The number of hydrogen-bond donors (Lipinski definition) is 0. The van der Waals surface area contributed by atoms with Gasteiger partial charge in [0.1, 0.15) is 11.3 Å². The maximum Gasteiger partial charge on any atom is 0.336 e. The van der Waals surface area contributed by atoms with E-state index in [4.69, 9.17) is 9.15 Å². The minimum absolute atomic E-state index is 0.0930. The molecule has 0 aliphatic carbocycles. The molecule has 4 rings (SSSR count). The Morgan fingerprint density at radius 1 is 1.04 bits per heavy atom.